The monoisotopic (exact) mass is 826 g/mol. The molecule has 6 heteroatoms. The van der Waals surface area contributed by atoms with Gasteiger partial charge in [0, 0.05) is 32.1 Å². The SMILES string of the molecule is c1ccc(-c2ccc(-c3nc(-c4ccccc4)nc(-c4ccc(N5c6cc7ccccc7cc6C6(c7cc8ccccc8cc75)c5ccsc5-c5sccc56)cc4)n3)cc2)cc1. The van der Waals surface area contributed by atoms with Gasteiger partial charge in [0.1, 0.15) is 0 Å². The fourth-order valence-electron chi connectivity index (χ4n) is 9.82. The van der Waals surface area contributed by atoms with E-state index in [1.807, 2.05) is 46.9 Å². The summed E-state index contributed by atoms with van der Waals surface area (Å²) < 4.78 is 0. The van der Waals surface area contributed by atoms with Crippen molar-refractivity contribution in [2.75, 3.05) is 4.90 Å². The van der Waals surface area contributed by atoms with Crippen LogP contribution in [0.25, 0.3) is 76.6 Å². The Kier molecular flexibility index (Phi) is 7.83. The molecule has 62 heavy (non-hydrogen) atoms. The normalized spacial score (nSPS) is 13.3. The van der Waals surface area contributed by atoms with Gasteiger partial charge in [-0.15, -0.1) is 22.7 Å². The van der Waals surface area contributed by atoms with Gasteiger partial charge in [0.2, 0.25) is 0 Å². The van der Waals surface area contributed by atoms with E-state index in [4.69, 9.17) is 15.0 Å². The molecule has 1 spiro atoms. The summed E-state index contributed by atoms with van der Waals surface area (Å²) in [6.07, 6.45) is 0. The Morgan fingerprint density at radius 2 is 0.710 bits per heavy atom. The van der Waals surface area contributed by atoms with E-state index in [1.165, 1.54) is 70.5 Å². The number of thiophene rings is 2. The minimum atomic E-state index is -0.464. The van der Waals surface area contributed by atoms with Crippen LogP contribution in [0.5, 0.6) is 0 Å². The average Bonchev–Trinajstić information content (AvgIpc) is 4.08. The summed E-state index contributed by atoms with van der Waals surface area (Å²) in [5, 5.41) is 9.45. The number of hydrogen-bond acceptors (Lipinski definition) is 6. The van der Waals surface area contributed by atoms with Crippen molar-refractivity contribution in [1.29, 1.82) is 0 Å². The Hall–Kier alpha value is -7.51. The number of rotatable bonds is 5. The topological polar surface area (TPSA) is 41.9 Å². The molecule has 3 aromatic heterocycles. The molecule has 13 rings (SSSR count). The highest BCUT2D eigenvalue weighted by atomic mass is 32.1. The van der Waals surface area contributed by atoms with Gasteiger partial charge < -0.3 is 4.90 Å². The second-order valence-electron chi connectivity index (χ2n) is 16.0. The lowest BCUT2D eigenvalue weighted by Gasteiger charge is -2.45. The molecule has 0 unspecified atom stereocenters. The third-order valence-electron chi connectivity index (χ3n) is 12.7. The van der Waals surface area contributed by atoms with Gasteiger partial charge in [0.05, 0.1) is 16.8 Å². The zero-order chi connectivity index (χ0) is 40.8. The number of benzene rings is 8. The molecular weight excluding hydrogens is 793 g/mol. The summed E-state index contributed by atoms with van der Waals surface area (Å²) in [6.45, 7) is 0. The summed E-state index contributed by atoms with van der Waals surface area (Å²) in [5.41, 5.74) is 13.4. The molecule has 290 valence electrons. The van der Waals surface area contributed by atoms with Crippen LogP contribution in [-0.4, -0.2) is 15.0 Å². The Morgan fingerprint density at radius 3 is 1.19 bits per heavy atom. The quantitative estimate of drug-likeness (QED) is 0.173. The molecule has 0 atom stereocenters. The maximum absolute atomic E-state index is 5.13. The summed E-state index contributed by atoms with van der Waals surface area (Å²) in [5.74, 6) is 1.91. The van der Waals surface area contributed by atoms with Gasteiger partial charge in [-0.2, -0.15) is 0 Å². The molecule has 1 aliphatic heterocycles. The van der Waals surface area contributed by atoms with Crippen LogP contribution >= 0.6 is 22.7 Å². The zero-order valence-corrected chi connectivity index (χ0v) is 34.9. The molecule has 0 amide bonds. The fourth-order valence-corrected chi connectivity index (χ4v) is 11.9. The number of anilines is 3. The zero-order valence-electron chi connectivity index (χ0n) is 33.2. The Labute approximate surface area is 366 Å². The highest BCUT2D eigenvalue weighted by Gasteiger charge is 2.53. The van der Waals surface area contributed by atoms with Crippen LogP contribution in [-0.2, 0) is 5.41 Å². The summed E-state index contributed by atoms with van der Waals surface area (Å²) >= 11 is 3.72. The standard InChI is InChI=1S/C56H34N4S2/c1-3-11-35(12-4-1)36-19-21-38(22-20-36)54-57-53(37-13-5-2-6-14-37)58-55(59-54)39-23-25-44(26-24-39)60-49-33-42-17-9-7-15-40(42)31-47(49)56(45-27-29-61-51(45)52-46(56)28-30-62-52)48-32-41-16-8-10-18-43(41)34-50(48)60/h1-34H. The smallest absolute Gasteiger partial charge is 0.164 e. The van der Waals surface area contributed by atoms with E-state index in [9.17, 15) is 0 Å². The van der Waals surface area contributed by atoms with Crippen molar-refractivity contribution in [3.8, 4) is 55.0 Å². The molecule has 0 fully saturated rings. The molecular formula is C56H34N4S2. The third kappa shape index (κ3) is 5.27. The van der Waals surface area contributed by atoms with Crippen molar-refractivity contribution in [1.82, 2.24) is 15.0 Å². The largest absolute Gasteiger partial charge is 0.310 e. The number of hydrogen-bond donors (Lipinski definition) is 0. The molecule has 0 bridgehead atoms. The average molecular weight is 827 g/mol. The highest BCUT2D eigenvalue weighted by molar-refractivity contribution is 7.21. The van der Waals surface area contributed by atoms with Crippen LogP contribution in [0.3, 0.4) is 0 Å². The lowest BCUT2D eigenvalue weighted by molar-refractivity contribution is 0.759. The second-order valence-corrected chi connectivity index (χ2v) is 17.8. The maximum Gasteiger partial charge on any atom is 0.164 e. The molecule has 0 radical (unpaired) electrons. The van der Waals surface area contributed by atoms with E-state index in [0.717, 1.165) is 27.9 Å². The van der Waals surface area contributed by atoms with Crippen LogP contribution in [0.1, 0.15) is 22.3 Å². The second kappa shape index (κ2) is 13.8. The minimum absolute atomic E-state index is 0.464. The predicted molar refractivity (Wildman–Crippen MR) is 258 cm³/mol. The van der Waals surface area contributed by atoms with Gasteiger partial charge in [-0.3, -0.25) is 0 Å². The maximum atomic E-state index is 5.13. The van der Waals surface area contributed by atoms with Gasteiger partial charge in [-0.05, 0) is 126 Å². The molecule has 2 aliphatic rings. The van der Waals surface area contributed by atoms with E-state index in [2.05, 4.69) is 186 Å². The minimum Gasteiger partial charge on any atom is -0.310 e. The first-order chi connectivity index (χ1) is 30.7. The molecule has 8 aromatic carbocycles. The van der Waals surface area contributed by atoms with E-state index in [-0.39, 0.29) is 0 Å². The first kappa shape index (κ1) is 35.3. The van der Waals surface area contributed by atoms with Crippen LogP contribution in [0, 0.1) is 0 Å². The predicted octanol–water partition coefficient (Wildman–Crippen LogP) is 15.1. The van der Waals surface area contributed by atoms with Crippen molar-refractivity contribution in [3.63, 3.8) is 0 Å². The number of nitrogens with zero attached hydrogens (tertiary/aromatic N) is 4. The van der Waals surface area contributed by atoms with Crippen molar-refractivity contribution in [3.05, 3.63) is 227 Å². The molecule has 4 heterocycles. The van der Waals surface area contributed by atoms with Crippen molar-refractivity contribution in [2.24, 2.45) is 0 Å². The molecule has 11 aromatic rings. The first-order valence-electron chi connectivity index (χ1n) is 20.8. The van der Waals surface area contributed by atoms with Gasteiger partial charge >= 0.3 is 0 Å². The van der Waals surface area contributed by atoms with Crippen molar-refractivity contribution < 1.29 is 0 Å². The summed E-state index contributed by atoms with van der Waals surface area (Å²) in [4.78, 5) is 20.5. The lowest BCUT2D eigenvalue weighted by Crippen LogP contribution is -2.36. The number of aromatic nitrogens is 3. The van der Waals surface area contributed by atoms with Crippen LogP contribution in [0.4, 0.5) is 17.1 Å². The van der Waals surface area contributed by atoms with Gasteiger partial charge in [0.15, 0.2) is 17.5 Å². The lowest BCUT2D eigenvalue weighted by atomic mass is 9.64. The van der Waals surface area contributed by atoms with Crippen LogP contribution in [0.2, 0.25) is 0 Å². The van der Waals surface area contributed by atoms with E-state index in [0.29, 0.717) is 17.5 Å². The summed E-state index contributed by atoms with van der Waals surface area (Å²) in [6, 6.07) is 69.9. The molecule has 0 saturated carbocycles. The highest BCUT2D eigenvalue weighted by Crippen LogP contribution is 2.66. The Morgan fingerprint density at radius 1 is 0.339 bits per heavy atom. The van der Waals surface area contributed by atoms with E-state index < -0.39 is 5.41 Å². The van der Waals surface area contributed by atoms with Crippen LogP contribution in [0.15, 0.2) is 205 Å². The Balaban J connectivity index is 0.993. The molecule has 0 saturated heterocycles. The third-order valence-corrected chi connectivity index (χ3v) is 14.7. The van der Waals surface area contributed by atoms with E-state index in [1.54, 1.807) is 0 Å². The Bertz CT molecular complexity index is 3390. The van der Waals surface area contributed by atoms with Gasteiger partial charge in [0.25, 0.3) is 0 Å². The van der Waals surface area contributed by atoms with Gasteiger partial charge in [-0.1, -0.05) is 133 Å². The first-order valence-corrected chi connectivity index (χ1v) is 22.6. The molecule has 0 N–H and O–H groups in total. The molecule has 1 aliphatic carbocycles. The number of fused-ring (bicyclic) bond motifs is 11. The van der Waals surface area contributed by atoms with Crippen molar-refractivity contribution in [2.45, 2.75) is 5.41 Å². The molecule has 4 nitrogen and oxygen atoms in total. The van der Waals surface area contributed by atoms with Crippen molar-refractivity contribution >= 4 is 61.3 Å². The fraction of sp³-hybridized carbons (Fsp3) is 0.0179. The van der Waals surface area contributed by atoms with Gasteiger partial charge in [-0.25, -0.2) is 15.0 Å². The van der Waals surface area contributed by atoms with E-state index >= 15 is 0 Å². The summed E-state index contributed by atoms with van der Waals surface area (Å²) in [7, 11) is 0. The van der Waals surface area contributed by atoms with Crippen LogP contribution < -0.4 is 4.90 Å².